The van der Waals surface area contributed by atoms with Crippen LogP contribution in [0.25, 0.3) is 0 Å². The molecule has 1 aromatic carbocycles. The third kappa shape index (κ3) is 3.75. The van der Waals surface area contributed by atoms with Crippen molar-refractivity contribution in [2.24, 2.45) is 0 Å². The number of rotatable bonds is 1. The third-order valence-corrected chi connectivity index (χ3v) is 3.63. The number of carbonyl (C=O) groups is 1. The summed E-state index contributed by atoms with van der Waals surface area (Å²) in [6, 6.07) is 5.75. The van der Waals surface area contributed by atoms with Crippen LogP contribution in [0.3, 0.4) is 0 Å². The second kappa shape index (κ2) is 5.20. The normalized spacial score (nSPS) is 12.4. The average Bonchev–Trinajstić information content (AvgIpc) is 2.24. The summed E-state index contributed by atoms with van der Waals surface area (Å²) in [5.41, 5.74) is 1.54. The largest absolute Gasteiger partial charge is 0.337 e. The van der Waals surface area contributed by atoms with Crippen LogP contribution in [0.2, 0.25) is 0 Å². The molecule has 0 saturated heterocycles. The van der Waals surface area contributed by atoms with Crippen LogP contribution in [0, 0.1) is 0 Å². The van der Waals surface area contributed by atoms with Gasteiger partial charge in [-0.25, -0.2) is 0 Å². The zero-order valence-electron chi connectivity index (χ0n) is 13.0. The Kier molecular flexibility index (Phi) is 4.40. The van der Waals surface area contributed by atoms with Crippen molar-refractivity contribution in [3.05, 3.63) is 29.3 Å². The first-order valence-corrected chi connectivity index (χ1v) is 7.01. The van der Waals surface area contributed by atoms with Gasteiger partial charge in [0, 0.05) is 23.0 Å². The SMILES string of the molecule is CN(C(=O)c1ccc(S)cc1C(C)(C)C)C(C)(C)C. The molecule has 1 aromatic rings. The molecule has 0 saturated carbocycles. The molecule has 0 heterocycles. The number of nitrogens with zero attached hydrogens (tertiary/aromatic N) is 1. The van der Waals surface area contributed by atoms with E-state index in [4.69, 9.17) is 0 Å². The lowest BCUT2D eigenvalue weighted by Gasteiger charge is -2.34. The summed E-state index contributed by atoms with van der Waals surface area (Å²) in [6.07, 6.45) is 0. The van der Waals surface area contributed by atoms with Gasteiger partial charge >= 0.3 is 0 Å². The van der Waals surface area contributed by atoms with Crippen LogP contribution < -0.4 is 0 Å². The van der Waals surface area contributed by atoms with Gasteiger partial charge in [-0.1, -0.05) is 20.8 Å². The number of hydrogen-bond donors (Lipinski definition) is 1. The summed E-state index contributed by atoms with van der Waals surface area (Å²) in [7, 11) is 1.85. The predicted octanol–water partition coefficient (Wildman–Crippen LogP) is 4.14. The van der Waals surface area contributed by atoms with E-state index in [1.807, 2.05) is 46.0 Å². The van der Waals surface area contributed by atoms with Gasteiger partial charge in [0.2, 0.25) is 0 Å². The highest BCUT2D eigenvalue weighted by Gasteiger charge is 2.28. The molecular formula is C16H25NOS. The van der Waals surface area contributed by atoms with E-state index >= 15 is 0 Å². The van der Waals surface area contributed by atoms with E-state index in [2.05, 4.69) is 33.4 Å². The Morgan fingerprint density at radius 3 is 2.05 bits per heavy atom. The van der Waals surface area contributed by atoms with E-state index in [0.29, 0.717) is 0 Å². The van der Waals surface area contributed by atoms with Crippen molar-refractivity contribution >= 4 is 18.5 Å². The minimum atomic E-state index is -0.189. The second-order valence-corrected chi connectivity index (χ2v) is 7.53. The summed E-state index contributed by atoms with van der Waals surface area (Å²) in [4.78, 5) is 15.3. The van der Waals surface area contributed by atoms with Crippen LogP contribution in [-0.4, -0.2) is 23.4 Å². The summed E-state index contributed by atoms with van der Waals surface area (Å²) in [5, 5.41) is 0. The fourth-order valence-corrected chi connectivity index (χ4v) is 2.03. The second-order valence-electron chi connectivity index (χ2n) is 7.01. The highest BCUT2D eigenvalue weighted by Crippen LogP contribution is 2.29. The fourth-order valence-electron chi connectivity index (χ4n) is 1.82. The molecule has 0 aliphatic rings. The summed E-state index contributed by atoms with van der Waals surface area (Å²) >= 11 is 4.39. The molecule has 0 N–H and O–H groups in total. The van der Waals surface area contributed by atoms with Crippen LogP contribution in [0.15, 0.2) is 23.1 Å². The lowest BCUT2D eigenvalue weighted by atomic mass is 9.83. The third-order valence-electron chi connectivity index (χ3n) is 3.35. The molecule has 1 amide bonds. The first kappa shape index (κ1) is 16.1. The molecule has 0 atom stereocenters. The maximum Gasteiger partial charge on any atom is 0.254 e. The van der Waals surface area contributed by atoms with Crippen LogP contribution >= 0.6 is 12.6 Å². The van der Waals surface area contributed by atoms with Crippen molar-refractivity contribution < 1.29 is 4.79 Å². The Hall–Kier alpha value is -0.960. The van der Waals surface area contributed by atoms with Crippen molar-refractivity contribution in [1.82, 2.24) is 4.90 Å². The molecule has 106 valence electrons. The number of thiol groups is 1. The minimum Gasteiger partial charge on any atom is -0.337 e. The Labute approximate surface area is 122 Å². The van der Waals surface area contributed by atoms with Gasteiger partial charge in [0.1, 0.15) is 0 Å². The molecule has 0 bridgehead atoms. The van der Waals surface area contributed by atoms with Crippen LogP contribution in [0.4, 0.5) is 0 Å². The Balaban J connectivity index is 3.32. The maximum absolute atomic E-state index is 12.7. The van der Waals surface area contributed by atoms with Crippen LogP contribution in [0.5, 0.6) is 0 Å². The highest BCUT2D eigenvalue weighted by molar-refractivity contribution is 7.80. The van der Waals surface area contributed by atoms with Crippen molar-refractivity contribution in [3.63, 3.8) is 0 Å². The molecule has 19 heavy (non-hydrogen) atoms. The van der Waals surface area contributed by atoms with E-state index in [1.54, 1.807) is 4.90 Å². The molecule has 0 radical (unpaired) electrons. The van der Waals surface area contributed by atoms with Crippen molar-refractivity contribution in [2.45, 2.75) is 57.4 Å². The van der Waals surface area contributed by atoms with E-state index in [9.17, 15) is 4.79 Å². The van der Waals surface area contributed by atoms with Gasteiger partial charge < -0.3 is 4.90 Å². The molecule has 0 aromatic heterocycles. The molecular weight excluding hydrogens is 254 g/mol. The lowest BCUT2D eigenvalue weighted by Crippen LogP contribution is -2.43. The van der Waals surface area contributed by atoms with Gasteiger partial charge in [-0.2, -0.15) is 0 Å². The molecule has 0 aliphatic heterocycles. The molecule has 0 spiro atoms. The Bertz CT molecular complexity index is 481. The van der Waals surface area contributed by atoms with E-state index in [1.165, 1.54) is 0 Å². The monoisotopic (exact) mass is 279 g/mol. The number of hydrogen-bond acceptors (Lipinski definition) is 2. The predicted molar refractivity (Wildman–Crippen MR) is 84.2 cm³/mol. The molecule has 0 fully saturated rings. The zero-order chi connectivity index (χ0) is 15.0. The maximum atomic E-state index is 12.7. The van der Waals surface area contributed by atoms with Crippen molar-refractivity contribution in [1.29, 1.82) is 0 Å². The Morgan fingerprint density at radius 2 is 1.63 bits per heavy atom. The van der Waals surface area contributed by atoms with Gasteiger partial charge in [-0.15, -0.1) is 12.6 Å². The van der Waals surface area contributed by atoms with Crippen molar-refractivity contribution in [2.75, 3.05) is 7.05 Å². The van der Waals surface area contributed by atoms with Gasteiger partial charge in [-0.05, 0) is 49.9 Å². The fraction of sp³-hybridized carbons (Fsp3) is 0.562. The summed E-state index contributed by atoms with van der Waals surface area (Å²) in [6.45, 7) is 12.5. The zero-order valence-corrected chi connectivity index (χ0v) is 13.9. The van der Waals surface area contributed by atoms with E-state index in [-0.39, 0.29) is 16.9 Å². The summed E-state index contributed by atoms with van der Waals surface area (Å²) in [5.74, 6) is 0.0609. The van der Waals surface area contributed by atoms with Gasteiger partial charge in [0.25, 0.3) is 5.91 Å². The standard InChI is InChI=1S/C16H25NOS/c1-15(2,3)13-10-11(19)8-9-12(13)14(18)17(7)16(4,5)6/h8-10,19H,1-7H3. The first-order chi connectivity index (χ1) is 8.44. The van der Waals surface area contributed by atoms with Gasteiger partial charge in [-0.3, -0.25) is 4.79 Å². The molecule has 0 unspecified atom stereocenters. The van der Waals surface area contributed by atoms with E-state index in [0.717, 1.165) is 16.0 Å². The first-order valence-electron chi connectivity index (χ1n) is 6.56. The van der Waals surface area contributed by atoms with Crippen molar-refractivity contribution in [3.8, 4) is 0 Å². The molecule has 3 heteroatoms. The molecule has 2 nitrogen and oxygen atoms in total. The average molecular weight is 279 g/mol. The van der Waals surface area contributed by atoms with Crippen LogP contribution in [0.1, 0.15) is 57.5 Å². The van der Waals surface area contributed by atoms with E-state index < -0.39 is 0 Å². The van der Waals surface area contributed by atoms with Crippen LogP contribution in [-0.2, 0) is 5.41 Å². The Morgan fingerprint density at radius 1 is 1.11 bits per heavy atom. The quantitative estimate of drug-likeness (QED) is 0.766. The minimum absolute atomic E-state index is 0.0609. The van der Waals surface area contributed by atoms with Gasteiger partial charge in [0.15, 0.2) is 0 Å². The lowest BCUT2D eigenvalue weighted by molar-refractivity contribution is 0.0653. The molecule has 1 rings (SSSR count). The number of carbonyl (C=O) groups excluding carboxylic acids is 1. The summed E-state index contributed by atoms with van der Waals surface area (Å²) < 4.78 is 0. The molecule has 0 aliphatic carbocycles. The number of amides is 1. The smallest absolute Gasteiger partial charge is 0.254 e. The highest BCUT2D eigenvalue weighted by atomic mass is 32.1. The van der Waals surface area contributed by atoms with Gasteiger partial charge in [0.05, 0.1) is 0 Å². The number of benzene rings is 1. The topological polar surface area (TPSA) is 20.3 Å².